The Labute approximate surface area is 195 Å². The largest absolute Gasteiger partial charge is 0.497 e. The summed E-state index contributed by atoms with van der Waals surface area (Å²) < 4.78 is 10.5. The zero-order valence-corrected chi connectivity index (χ0v) is 20.0. The number of hydrogen-bond acceptors (Lipinski definition) is 5. The van der Waals surface area contributed by atoms with Crippen LogP contribution in [0.4, 0.5) is 21.9 Å². The average molecular weight is 455 g/mol. The van der Waals surface area contributed by atoms with Gasteiger partial charge in [0.25, 0.3) is 5.91 Å². The third-order valence-corrected chi connectivity index (χ3v) is 5.70. The van der Waals surface area contributed by atoms with Gasteiger partial charge in [0.05, 0.1) is 25.5 Å². The summed E-state index contributed by atoms with van der Waals surface area (Å²) in [4.78, 5) is 27.9. The number of rotatable bonds is 7. The van der Waals surface area contributed by atoms with Crippen molar-refractivity contribution in [2.45, 2.75) is 39.7 Å². The van der Waals surface area contributed by atoms with Crippen LogP contribution in [0.2, 0.25) is 0 Å². The summed E-state index contributed by atoms with van der Waals surface area (Å²) in [6.45, 7) is 7.93. The van der Waals surface area contributed by atoms with E-state index in [4.69, 9.17) is 9.47 Å². The molecule has 0 unspecified atom stereocenters. The van der Waals surface area contributed by atoms with Crippen molar-refractivity contribution in [2.75, 3.05) is 42.8 Å². The van der Waals surface area contributed by atoms with E-state index in [1.165, 1.54) is 7.11 Å². The third-order valence-electron chi connectivity index (χ3n) is 5.70. The lowest BCUT2D eigenvalue weighted by molar-refractivity contribution is 0.0943. The normalized spacial score (nSPS) is 14.1. The molecule has 2 aromatic carbocycles. The summed E-state index contributed by atoms with van der Waals surface area (Å²) in [5.74, 6) is 1.64. The van der Waals surface area contributed by atoms with Crippen LogP contribution in [0.15, 0.2) is 36.4 Å². The van der Waals surface area contributed by atoms with Crippen LogP contribution in [0.5, 0.6) is 11.5 Å². The van der Waals surface area contributed by atoms with Crippen LogP contribution in [0.25, 0.3) is 0 Å². The zero-order chi connectivity index (χ0) is 24.0. The van der Waals surface area contributed by atoms with Crippen LogP contribution in [0.3, 0.4) is 0 Å². The second kappa shape index (κ2) is 10.9. The van der Waals surface area contributed by atoms with E-state index >= 15 is 0 Å². The number of ether oxygens (including phenoxy) is 2. The molecule has 2 aromatic rings. The van der Waals surface area contributed by atoms with Crippen molar-refractivity contribution in [3.8, 4) is 11.5 Å². The van der Waals surface area contributed by atoms with Gasteiger partial charge >= 0.3 is 6.03 Å². The first kappa shape index (κ1) is 24.2. The van der Waals surface area contributed by atoms with E-state index in [0.717, 1.165) is 31.6 Å². The third kappa shape index (κ3) is 6.31. The van der Waals surface area contributed by atoms with Crippen LogP contribution < -0.4 is 30.3 Å². The average Bonchev–Trinajstić information content (AvgIpc) is 2.79. The smallest absolute Gasteiger partial charge is 0.323 e. The fourth-order valence-electron chi connectivity index (χ4n) is 3.85. The van der Waals surface area contributed by atoms with Gasteiger partial charge in [0.2, 0.25) is 0 Å². The van der Waals surface area contributed by atoms with Crippen LogP contribution in [0, 0.1) is 5.92 Å². The Kier molecular flexibility index (Phi) is 8.03. The number of benzene rings is 2. The van der Waals surface area contributed by atoms with Gasteiger partial charge < -0.3 is 30.3 Å². The maximum Gasteiger partial charge on any atom is 0.323 e. The predicted octanol–water partition coefficient (Wildman–Crippen LogP) is 4.72. The Hall–Kier alpha value is -3.42. The van der Waals surface area contributed by atoms with Crippen LogP contribution in [0.1, 0.15) is 44.0 Å². The van der Waals surface area contributed by atoms with E-state index in [1.54, 1.807) is 31.4 Å². The van der Waals surface area contributed by atoms with Gasteiger partial charge in [0.1, 0.15) is 11.5 Å². The van der Waals surface area contributed by atoms with Crippen molar-refractivity contribution in [2.24, 2.45) is 5.92 Å². The quantitative estimate of drug-likeness (QED) is 0.563. The zero-order valence-electron chi connectivity index (χ0n) is 20.0. The van der Waals surface area contributed by atoms with E-state index in [2.05, 4.69) is 27.8 Å². The Bertz CT molecular complexity index is 984. The summed E-state index contributed by atoms with van der Waals surface area (Å²) in [5.41, 5.74) is 2.48. The molecule has 0 aliphatic carbocycles. The summed E-state index contributed by atoms with van der Waals surface area (Å²) in [6.07, 6.45) is 2.19. The molecule has 0 bridgehead atoms. The molecule has 1 heterocycles. The second-order valence-corrected chi connectivity index (χ2v) is 8.67. The molecule has 3 rings (SSSR count). The lowest BCUT2D eigenvalue weighted by atomic mass is 9.97. The second-order valence-electron chi connectivity index (χ2n) is 8.67. The fraction of sp³-hybridized carbons (Fsp3) is 0.440. The van der Waals surface area contributed by atoms with Crippen LogP contribution in [-0.2, 0) is 0 Å². The summed E-state index contributed by atoms with van der Waals surface area (Å²) in [5, 5.41) is 8.58. The van der Waals surface area contributed by atoms with Gasteiger partial charge in [0.15, 0.2) is 0 Å². The number of methoxy groups -OCH3 is 2. The molecule has 0 spiro atoms. The first-order chi connectivity index (χ1) is 15.8. The molecule has 3 amide bonds. The van der Waals surface area contributed by atoms with Crippen molar-refractivity contribution >= 4 is 29.0 Å². The molecular weight excluding hydrogens is 420 g/mol. The first-order valence-corrected chi connectivity index (χ1v) is 11.3. The van der Waals surface area contributed by atoms with Gasteiger partial charge in [0, 0.05) is 36.6 Å². The SMILES string of the molecule is COc1ccc(NC(=O)Nc2ccc(N3CCC(C)CC3)c(C(=O)NC(C)C)c2)c(OC)c1. The lowest BCUT2D eigenvalue weighted by Crippen LogP contribution is -2.36. The molecule has 0 aromatic heterocycles. The number of piperidine rings is 1. The van der Waals surface area contributed by atoms with Crippen molar-refractivity contribution in [3.63, 3.8) is 0 Å². The molecule has 0 radical (unpaired) electrons. The number of carbonyl (C=O) groups excluding carboxylic acids is 2. The summed E-state index contributed by atoms with van der Waals surface area (Å²) in [7, 11) is 3.09. The molecule has 0 atom stereocenters. The van der Waals surface area contributed by atoms with Crippen LogP contribution >= 0.6 is 0 Å². The van der Waals surface area contributed by atoms with Gasteiger partial charge in [-0.2, -0.15) is 0 Å². The molecule has 1 saturated heterocycles. The fourth-order valence-corrected chi connectivity index (χ4v) is 3.85. The molecular formula is C25H34N4O4. The predicted molar refractivity (Wildman–Crippen MR) is 132 cm³/mol. The van der Waals surface area contributed by atoms with Crippen molar-refractivity contribution in [1.29, 1.82) is 0 Å². The molecule has 3 N–H and O–H groups in total. The van der Waals surface area contributed by atoms with E-state index in [0.29, 0.717) is 34.4 Å². The number of nitrogens with zero attached hydrogens (tertiary/aromatic N) is 1. The molecule has 33 heavy (non-hydrogen) atoms. The minimum Gasteiger partial charge on any atom is -0.497 e. The Balaban J connectivity index is 1.80. The first-order valence-electron chi connectivity index (χ1n) is 11.3. The van der Waals surface area contributed by atoms with Gasteiger partial charge in [-0.05, 0) is 62.9 Å². The minimum atomic E-state index is -0.437. The number of hydrogen-bond donors (Lipinski definition) is 3. The topological polar surface area (TPSA) is 91.9 Å². The van der Waals surface area contributed by atoms with Gasteiger partial charge in [-0.1, -0.05) is 6.92 Å². The lowest BCUT2D eigenvalue weighted by Gasteiger charge is -2.33. The maximum absolute atomic E-state index is 13.0. The summed E-state index contributed by atoms with van der Waals surface area (Å²) >= 11 is 0. The molecule has 178 valence electrons. The van der Waals surface area contributed by atoms with Gasteiger partial charge in [-0.25, -0.2) is 4.79 Å². The van der Waals surface area contributed by atoms with Crippen molar-refractivity contribution < 1.29 is 19.1 Å². The Morgan fingerprint density at radius 1 is 1.00 bits per heavy atom. The minimum absolute atomic E-state index is 0.00850. The van der Waals surface area contributed by atoms with E-state index < -0.39 is 6.03 Å². The molecule has 8 nitrogen and oxygen atoms in total. The number of amides is 3. The molecule has 1 aliphatic heterocycles. The van der Waals surface area contributed by atoms with E-state index in [9.17, 15) is 9.59 Å². The van der Waals surface area contributed by atoms with Gasteiger partial charge in [-0.15, -0.1) is 0 Å². The monoisotopic (exact) mass is 454 g/mol. The van der Waals surface area contributed by atoms with E-state index in [1.807, 2.05) is 26.0 Å². The van der Waals surface area contributed by atoms with Gasteiger partial charge in [-0.3, -0.25) is 4.79 Å². The molecule has 1 fully saturated rings. The molecule has 1 aliphatic rings. The number of carbonyl (C=O) groups is 2. The highest BCUT2D eigenvalue weighted by molar-refractivity contribution is 6.04. The summed E-state index contributed by atoms with van der Waals surface area (Å²) in [6, 6.07) is 10.2. The van der Waals surface area contributed by atoms with Crippen molar-refractivity contribution in [1.82, 2.24) is 5.32 Å². The number of urea groups is 1. The highest BCUT2D eigenvalue weighted by Crippen LogP contribution is 2.31. The van der Waals surface area contributed by atoms with Crippen molar-refractivity contribution in [3.05, 3.63) is 42.0 Å². The standard InChI is InChI=1S/C25H34N4O4/c1-16(2)26-24(30)20-14-18(6-9-22(20)29-12-10-17(3)11-13-29)27-25(31)28-21-8-7-19(32-4)15-23(21)33-5/h6-9,14-17H,10-13H2,1-5H3,(H,26,30)(H2,27,28,31). The number of nitrogens with one attached hydrogen (secondary N) is 3. The van der Waals surface area contributed by atoms with Crippen LogP contribution in [-0.4, -0.2) is 45.3 Å². The Morgan fingerprint density at radius 3 is 2.36 bits per heavy atom. The highest BCUT2D eigenvalue weighted by Gasteiger charge is 2.22. The van der Waals surface area contributed by atoms with E-state index in [-0.39, 0.29) is 11.9 Å². The maximum atomic E-state index is 13.0. The number of anilines is 3. The molecule has 8 heteroatoms. The molecule has 0 saturated carbocycles. The highest BCUT2D eigenvalue weighted by atomic mass is 16.5. The Morgan fingerprint density at radius 2 is 1.73 bits per heavy atom.